The molecular formula is C62H138Li12N10O14+8. The number of nitrogens with one attached hydrogen (secondary N) is 8. The Hall–Kier alpha value is 4.33. The summed E-state index contributed by atoms with van der Waals surface area (Å²) in [6.07, 6.45) is 0. The van der Waals surface area contributed by atoms with Crippen molar-refractivity contribution in [1.29, 1.82) is 0 Å². The number of aryl methyl sites for hydroxylation is 6. The van der Waals surface area contributed by atoms with Gasteiger partial charge in [-0.1, -0.05) is 111 Å². The first-order chi connectivity index (χ1) is 39.9. The van der Waals surface area contributed by atoms with Gasteiger partial charge in [-0.25, -0.2) is 0 Å². The van der Waals surface area contributed by atoms with Crippen molar-refractivity contribution in [3.63, 3.8) is 0 Å². The maximum absolute atomic E-state index is 11.1. The number of likely N-dealkylation sites (N-methyl/N-ethyl adjacent to an activating group) is 10. The second-order valence-corrected chi connectivity index (χ2v) is 23.0. The van der Waals surface area contributed by atoms with E-state index in [9.17, 15) is 61.3 Å². The summed E-state index contributed by atoms with van der Waals surface area (Å²) >= 11 is 0. The van der Waals surface area contributed by atoms with Crippen LogP contribution in [0.4, 0.5) is 0 Å². The zero-order valence-corrected chi connectivity index (χ0v) is 71.9. The van der Waals surface area contributed by atoms with Gasteiger partial charge in [0.25, 0.3) is 0 Å². The maximum Gasteiger partial charge on any atom is 1.00 e. The second kappa shape index (κ2) is 131. The fourth-order valence-electron chi connectivity index (χ4n) is 4.77. The van der Waals surface area contributed by atoms with E-state index in [0.717, 1.165) is 112 Å². The number of nitrogens with zero attached hydrogens (tertiary/aromatic N) is 2. The molecule has 0 aliphatic carbocycles. The van der Waals surface area contributed by atoms with Crippen LogP contribution >= 0.6 is 0 Å². The summed E-state index contributed by atoms with van der Waals surface area (Å²) in [6, 6.07) is 7.65. The molecule has 0 amide bonds. The van der Waals surface area contributed by atoms with E-state index in [4.69, 9.17) is 9.47 Å². The van der Waals surface area contributed by atoms with Gasteiger partial charge in [0.2, 0.25) is 0 Å². The molecule has 0 bridgehead atoms. The molecule has 0 unspecified atom stereocenters. The van der Waals surface area contributed by atoms with E-state index in [1.54, 1.807) is 0 Å². The van der Waals surface area contributed by atoms with Gasteiger partial charge in [-0.15, -0.1) is 24.7 Å². The fourth-order valence-corrected chi connectivity index (χ4v) is 4.77. The number of ether oxygens (including phenoxy) is 2. The summed E-state index contributed by atoms with van der Waals surface area (Å²) in [4.78, 5) is 13.6. The number of rotatable bonds is 20. The van der Waals surface area contributed by atoms with Crippen molar-refractivity contribution in [2.75, 3.05) is 299 Å². The molecular weight excluding hydrogens is 1190 g/mol. The second-order valence-electron chi connectivity index (χ2n) is 23.0. The summed E-state index contributed by atoms with van der Waals surface area (Å²) in [5.74, 6) is 0.344. The fraction of sp³-hybridized carbons (Fsp3) is 0.806. The Morgan fingerprint density at radius 2 is 0.388 bits per heavy atom. The van der Waals surface area contributed by atoms with Gasteiger partial charge in [0.05, 0.1) is 192 Å². The van der Waals surface area contributed by atoms with E-state index in [-0.39, 0.29) is 304 Å². The van der Waals surface area contributed by atoms with E-state index in [2.05, 4.69) is 0 Å². The molecule has 0 atom stereocenters. The average Bonchev–Trinajstić information content (AvgIpc) is 3.37. The van der Waals surface area contributed by atoms with Crippen molar-refractivity contribution in [1.82, 2.24) is 9.80 Å². The summed E-state index contributed by atoms with van der Waals surface area (Å²) < 4.78 is 9.89. The summed E-state index contributed by atoms with van der Waals surface area (Å²) in [6.45, 7) is 22.1. The van der Waals surface area contributed by atoms with E-state index in [1.165, 1.54) is 39.2 Å². The van der Waals surface area contributed by atoms with Crippen LogP contribution in [-0.2, 0) is 9.47 Å². The zero-order chi connectivity index (χ0) is 69.6. The molecule has 0 spiro atoms. The minimum absolute atomic E-state index is 0. The first-order valence-electron chi connectivity index (χ1n) is 30.0. The summed E-state index contributed by atoms with van der Waals surface area (Å²) in [5, 5.41) is 119. The third-order valence-corrected chi connectivity index (χ3v) is 9.85. The molecule has 0 aromatic heterocycles. The standard InChI is InChI=1S/2C9H12O.10C4H10NO.C4H8O2.12Li/c2*1-6-4-7(2)9(10)8(3)5-6;10*1-5(2)3-4-6;1-2-6-4-3-5-1;;;;;;;;;;;;/h2*4-5,10H,1-3H3;10*3-4H2,1-2H3;1-4H2;;;;;;;;;;;;/q;;10*-1;;12*+1/p+6. The zero-order valence-electron chi connectivity index (χ0n) is 71.9. The minimum Gasteiger partial charge on any atom is -0.872 e. The smallest absolute Gasteiger partial charge is 0.872 e. The molecule has 1 fully saturated rings. The van der Waals surface area contributed by atoms with Crippen LogP contribution in [0.5, 0.6) is 11.5 Å². The molecule has 1 heterocycles. The molecule has 2 aromatic rings. The molecule has 3 rings (SSSR count). The van der Waals surface area contributed by atoms with E-state index < -0.39 is 0 Å². The monoisotopic (exact) mass is 1330 g/mol. The van der Waals surface area contributed by atoms with Crippen LogP contribution in [0.2, 0.25) is 0 Å². The van der Waals surface area contributed by atoms with Crippen LogP contribution in [0.3, 0.4) is 0 Å². The summed E-state index contributed by atoms with van der Waals surface area (Å²) in [5.41, 5.74) is 5.70. The Labute approximate surface area is 747 Å². The maximum atomic E-state index is 11.1. The van der Waals surface area contributed by atoms with Crippen LogP contribution in [0.15, 0.2) is 24.3 Å². The molecule has 0 radical (unpaired) electrons. The van der Waals surface area contributed by atoms with Crippen molar-refractivity contribution < 1.29 is 336 Å². The molecule has 1 saturated heterocycles. The van der Waals surface area contributed by atoms with Gasteiger partial charge < -0.3 is 120 Å². The topological polar surface area (TPSA) is 337 Å². The van der Waals surface area contributed by atoms with Crippen molar-refractivity contribution in [3.05, 3.63) is 57.6 Å². The molecule has 98 heavy (non-hydrogen) atoms. The summed E-state index contributed by atoms with van der Waals surface area (Å²) in [7, 11) is 39.1. The number of hydrogen-bond acceptors (Lipinski definition) is 16. The van der Waals surface area contributed by atoms with Gasteiger partial charge in [0.1, 0.15) is 0 Å². The molecule has 24 nitrogen and oxygen atoms in total. The third kappa shape index (κ3) is 189. The molecule has 2 aromatic carbocycles. The minimum atomic E-state index is 0. The SMILES string of the molecule is C1COCCO1.CN(C)CC[O-].CN(C)CC[O-].C[NH+](C)CC[O-].C[NH+](C)CC[O-].C[NH+](C)CC[O-].C[NH+](C)CC[O-].C[NH+](C)CC[O-].C[NH+](C)CC[O-].C[NH+](C)CC[O-].C[NH+](C)CC[O-].Cc1cc(C)c([O-])c(C)c1.Cc1cc(C)c([O-])c(C)c1.[Li+].[Li+].[Li+].[Li+].[Li+].[Li+].[Li+].[Li+].[Li+].[Li+].[Li+].[Li+]. The molecule has 1 aliphatic heterocycles. The van der Waals surface area contributed by atoms with Crippen LogP contribution in [0.25, 0.3) is 0 Å². The number of quaternary nitrogens is 8. The molecule has 524 valence electrons. The van der Waals surface area contributed by atoms with Crippen LogP contribution in [0.1, 0.15) is 33.4 Å². The Morgan fingerprint density at radius 3 is 0.439 bits per heavy atom. The molecule has 36 heteroatoms. The van der Waals surface area contributed by atoms with Gasteiger partial charge in [0, 0.05) is 0 Å². The third-order valence-electron chi connectivity index (χ3n) is 9.85. The van der Waals surface area contributed by atoms with E-state index in [0.29, 0.717) is 13.1 Å². The van der Waals surface area contributed by atoms with Crippen molar-refractivity contribution >= 4 is 0 Å². The normalized spacial score (nSPS) is 9.61. The van der Waals surface area contributed by atoms with Gasteiger partial charge >= 0.3 is 226 Å². The quantitative estimate of drug-likeness (QED) is 0.0571. The molecule has 0 saturated carbocycles. The Bertz CT molecular complexity index is 1320. The Morgan fingerprint density at radius 1 is 0.265 bits per heavy atom. The first kappa shape index (κ1) is 163. The Balaban J connectivity index is -0.0000000318. The predicted molar refractivity (Wildman–Crippen MR) is 329 cm³/mol. The van der Waals surface area contributed by atoms with Crippen molar-refractivity contribution in [2.24, 2.45) is 0 Å². The molecule has 1 aliphatic rings. The van der Waals surface area contributed by atoms with Gasteiger partial charge in [0.15, 0.2) is 0 Å². The van der Waals surface area contributed by atoms with Gasteiger partial charge in [-0.05, 0) is 82.8 Å². The van der Waals surface area contributed by atoms with Gasteiger partial charge in [-0.2, -0.15) is 0 Å². The van der Waals surface area contributed by atoms with E-state index in [1.807, 2.05) is 217 Å². The number of benzene rings is 2. The van der Waals surface area contributed by atoms with Crippen molar-refractivity contribution in [2.45, 2.75) is 41.5 Å². The number of hydrogen-bond donors (Lipinski definition) is 8. The largest absolute Gasteiger partial charge is 1.00 e. The first-order valence-corrected chi connectivity index (χ1v) is 30.0. The Kier molecular flexibility index (Phi) is 217. The van der Waals surface area contributed by atoms with Gasteiger partial charge in [-0.3, -0.25) is 0 Å². The van der Waals surface area contributed by atoms with Crippen molar-refractivity contribution in [3.8, 4) is 11.5 Å². The predicted octanol–water partition coefficient (Wildman–Crippen LogP) is -54.8. The van der Waals surface area contributed by atoms with Crippen LogP contribution in [-0.4, -0.2) is 309 Å². The van der Waals surface area contributed by atoms with Crippen LogP contribution < -0.4 is 327 Å². The average molecular weight is 1330 g/mol. The molecule has 8 N–H and O–H groups in total. The van der Waals surface area contributed by atoms with E-state index >= 15 is 0 Å². The van der Waals surface area contributed by atoms with Crippen LogP contribution in [0, 0.1) is 41.5 Å².